The Morgan fingerprint density at radius 3 is 2.29 bits per heavy atom. The van der Waals surface area contributed by atoms with Crippen LogP contribution in [0.5, 0.6) is 5.75 Å². The highest BCUT2D eigenvalue weighted by molar-refractivity contribution is 7.99. The molecule has 0 bridgehead atoms. The van der Waals surface area contributed by atoms with Crippen molar-refractivity contribution < 1.29 is 13.9 Å². The van der Waals surface area contributed by atoms with Crippen molar-refractivity contribution in [1.29, 1.82) is 0 Å². The van der Waals surface area contributed by atoms with Gasteiger partial charge in [0.05, 0.1) is 0 Å². The van der Waals surface area contributed by atoms with E-state index in [1.165, 1.54) is 0 Å². The maximum Gasteiger partial charge on any atom is 0.187 e. The lowest BCUT2D eigenvalue weighted by Crippen LogP contribution is -2.31. The van der Waals surface area contributed by atoms with Gasteiger partial charge in [0.1, 0.15) is 0 Å². The van der Waals surface area contributed by atoms with Crippen molar-refractivity contribution in [3.63, 3.8) is 0 Å². The number of benzene rings is 1. The summed E-state index contributed by atoms with van der Waals surface area (Å²) in [7, 11) is 0. The number of hydrogen-bond acceptors (Lipinski definition) is 3. The van der Waals surface area contributed by atoms with E-state index < -0.39 is 17.4 Å². The molecule has 1 aromatic rings. The summed E-state index contributed by atoms with van der Waals surface area (Å²) in [6.45, 7) is 5.28. The summed E-state index contributed by atoms with van der Waals surface area (Å²) in [4.78, 5) is 0. The van der Waals surface area contributed by atoms with E-state index in [0.717, 1.165) is 18.7 Å². The van der Waals surface area contributed by atoms with Crippen molar-refractivity contribution in [3.8, 4) is 5.75 Å². The first-order valence-electron chi connectivity index (χ1n) is 5.28. The molecule has 0 aliphatic rings. The Morgan fingerprint density at radius 1 is 1.29 bits per heavy atom. The Morgan fingerprint density at radius 2 is 1.82 bits per heavy atom. The number of nitrogens with one attached hydrogen (secondary N) is 1. The second kappa shape index (κ2) is 5.69. The van der Waals surface area contributed by atoms with Crippen LogP contribution in [0.2, 0.25) is 0 Å². The first-order valence-corrected chi connectivity index (χ1v) is 6.51. The van der Waals surface area contributed by atoms with Crippen molar-refractivity contribution in [3.05, 3.63) is 29.3 Å². The van der Waals surface area contributed by atoms with E-state index >= 15 is 0 Å². The van der Waals surface area contributed by atoms with Crippen LogP contribution in [0.25, 0.3) is 0 Å². The zero-order chi connectivity index (χ0) is 13.1. The fraction of sp³-hybridized carbons (Fsp3) is 0.500. The van der Waals surface area contributed by atoms with Gasteiger partial charge in [0.2, 0.25) is 0 Å². The molecule has 1 rings (SSSR count). The van der Waals surface area contributed by atoms with Crippen LogP contribution in [-0.4, -0.2) is 22.7 Å². The van der Waals surface area contributed by atoms with Crippen LogP contribution in [0.4, 0.5) is 8.78 Å². The van der Waals surface area contributed by atoms with Crippen molar-refractivity contribution >= 4 is 11.8 Å². The minimum absolute atomic E-state index is 0.0774. The molecule has 0 aromatic heterocycles. The standard InChI is InChI=1S/C12H17F2NOS/c1-12(2,17-3)7-15-6-8-4-9(13)11(16)10(14)5-8/h4-5,15-16H,6-7H2,1-3H3. The predicted molar refractivity (Wildman–Crippen MR) is 67.3 cm³/mol. The average Bonchev–Trinajstić information content (AvgIpc) is 2.25. The van der Waals surface area contributed by atoms with Gasteiger partial charge in [-0.3, -0.25) is 0 Å². The third-order valence-corrected chi connectivity index (χ3v) is 3.76. The maximum atomic E-state index is 13.0. The predicted octanol–water partition coefficient (Wildman–Crippen LogP) is 2.90. The first kappa shape index (κ1) is 14.3. The van der Waals surface area contributed by atoms with Crippen LogP contribution in [-0.2, 0) is 6.54 Å². The zero-order valence-corrected chi connectivity index (χ0v) is 11.0. The Kier molecular flexibility index (Phi) is 4.77. The number of hydrogen-bond donors (Lipinski definition) is 2. The molecule has 1 aromatic carbocycles. The topological polar surface area (TPSA) is 32.3 Å². The smallest absolute Gasteiger partial charge is 0.187 e. The van der Waals surface area contributed by atoms with Gasteiger partial charge >= 0.3 is 0 Å². The minimum Gasteiger partial charge on any atom is -0.503 e. The van der Waals surface area contributed by atoms with E-state index in [9.17, 15) is 8.78 Å². The van der Waals surface area contributed by atoms with E-state index in [0.29, 0.717) is 12.1 Å². The summed E-state index contributed by atoms with van der Waals surface area (Å²) in [6, 6.07) is 2.27. The van der Waals surface area contributed by atoms with E-state index in [1.54, 1.807) is 11.8 Å². The summed E-state index contributed by atoms with van der Waals surface area (Å²) >= 11 is 1.72. The monoisotopic (exact) mass is 261 g/mol. The average molecular weight is 261 g/mol. The van der Waals surface area contributed by atoms with E-state index in [4.69, 9.17) is 5.11 Å². The molecule has 0 saturated heterocycles. The van der Waals surface area contributed by atoms with E-state index in [1.807, 2.05) is 6.26 Å². The second-order valence-corrected chi connectivity index (χ2v) is 5.99. The van der Waals surface area contributed by atoms with Crippen molar-refractivity contribution in [1.82, 2.24) is 5.32 Å². The third-order valence-electron chi connectivity index (χ3n) is 2.51. The number of thioether (sulfide) groups is 1. The quantitative estimate of drug-likeness (QED) is 0.855. The molecule has 0 aliphatic carbocycles. The van der Waals surface area contributed by atoms with E-state index in [-0.39, 0.29) is 4.75 Å². The van der Waals surface area contributed by atoms with Crippen LogP contribution in [0.1, 0.15) is 19.4 Å². The van der Waals surface area contributed by atoms with Crippen LogP contribution in [0.15, 0.2) is 12.1 Å². The van der Waals surface area contributed by atoms with Gasteiger partial charge in [-0.25, -0.2) is 8.78 Å². The Balaban J connectivity index is 2.59. The molecule has 2 nitrogen and oxygen atoms in total. The number of rotatable bonds is 5. The fourth-order valence-corrected chi connectivity index (χ4v) is 1.55. The van der Waals surface area contributed by atoms with Crippen molar-refractivity contribution in [2.45, 2.75) is 25.1 Å². The maximum absolute atomic E-state index is 13.0. The van der Waals surface area contributed by atoms with Crippen molar-refractivity contribution in [2.24, 2.45) is 0 Å². The molecular formula is C12H17F2NOS. The SMILES string of the molecule is CSC(C)(C)CNCc1cc(F)c(O)c(F)c1. The van der Waals surface area contributed by atoms with Gasteiger partial charge < -0.3 is 10.4 Å². The Bertz CT molecular complexity index is 373. The minimum atomic E-state index is -0.925. The Labute approximate surface area is 104 Å². The van der Waals surface area contributed by atoms with Crippen LogP contribution < -0.4 is 5.32 Å². The number of phenols is 1. The molecule has 2 N–H and O–H groups in total. The van der Waals surface area contributed by atoms with Crippen LogP contribution >= 0.6 is 11.8 Å². The van der Waals surface area contributed by atoms with E-state index in [2.05, 4.69) is 19.2 Å². The van der Waals surface area contributed by atoms with Gasteiger partial charge in [0.15, 0.2) is 17.4 Å². The number of phenolic OH excluding ortho intramolecular Hbond substituents is 1. The van der Waals surface area contributed by atoms with Gasteiger partial charge in [-0.05, 0) is 37.8 Å². The van der Waals surface area contributed by atoms with Crippen molar-refractivity contribution in [2.75, 3.05) is 12.8 Å². The molecule has 0 atom stereocenters. The summed E-state index contributed by atoms with van der Waals surface area (Å²) in [5.41, 5.74) is 0.481. The summed E-state index contributed by atoms with van der Waals surface area (Å²) in [6.07, 6.45) is 2.02. The lowest BCUT2D eigenvalue weighted by atomic mass is 10.1. The molecule has 17 heavy (non-hydrogen) atoms. The zero-order valence-electron chi connectivity index (χ0n) is 10.2. The van der Waals surface area contributed by atoms with Gasteiger partial charge in [-0.15, -0.1) is 0 Å². The largest absolute Gasteiger partial charge is 0.503 e. The number of halogens is 2. The molecule has 0 heterocycles. The highest BCUT2D eigenvalue weighted by Gasteiger charge is 2.15. The van der Waals surface area contributed by atoms with Gasteiger partial charge in [-0.2, -0.15) is 11.8 Å². The molecule has 96 valence electrons. The molecule has 0 radical (unpaired) electrons. The molecule has 0 aliphatic heterocycles. The lowest BCUT2D eigenvalue weighted by molar-refractivity contribution is 0.395. The Hall–Kier alpha value is -0.810. The molecule has 0 unspecified atom stereocenters. The summed E-state index contributed by atoms with van der Waals surface area (Å²) in [5.74, 6) is -2.77. The molecule has 5 heteroatoms. The fourth-order valence-electron chi connectivity index (χ4n) is 1.30. The molecule has 0 fully saturated rings. The first-order chi connectivity index (χ1) is 7.85. The van der Waals surface area contributed by atoms with Crippen LogP contribution in [0.3, 0.4) is 0 Å². The number of aromatic hydroxyl groups is 1. The molecular weight excluding hydrogens is 244 g/mol. The van der Waals surface area contributed by atoms with Gasteiger partial charge in [-0.1, -0.05) is 0 Å². The van der Waals surface area contributed by atoms with Gasteiger partial charge in [0, 0.05) is 17.8 Å². The summed E-state index contributed by atoms with van der Waals surface area (Å²) in [5, 5.41) is 12.1. The molecule has 0 spiro atoms. The summed E-state index contributed by atoms with van der Waals surface area (Å²) < 4.78 is 26.2. The molecule has 0 saturated carbocycles. The second-order valence-electron chi connectivity index (χ2n) is 4.48. The highest BCUT2D eigenvalue weighted by Crippen LogP contribution is 2.22. The van der Waals surface area contributed by atoms with Gasteiger partial charge in [0.25, 0.3) is 0 Å². The third kappa shape index (κ3) is 4.16. The highest BCUT2D eigenvalue weighted by atomic mass is 32.2. The molecule has 0 amide bonds. The van der Waals surface area contributed by atoms with Crippen LogP contribution in [0, 0.1) is 11.6 Å². The lowest BCUT2D eigenvalue weighted by Gasteiger charge is -2.22. The normalized spacial score (nSPS) is 11.8.